The molecule has 1 atom stereocenters. The van der Waals surface area contributed by atoms with Crippen LogP contribution in [0.15, 0.2) is 30.3 Å². The van der Waals surface area contributed by atoms with E-state index in [1.165, 1.54) is 5.56 Å². The third-order valence-electron chi connectivity index (χ3n) is 5.34. The molecule has 2 N–H and O–H groups in total. The molecule has 0 radical (unpaired) electrons. The van der Waals surface area contributed by atoms with Crippen molar-refractivity contribution in [2.24, 2.45) is 5.41 Å². The van der Waals surface area contributed by atoms with Crippen LogP contribution >= 0.6 is 0 Å². The first-order valence-corrected chi connectivity index (χ1v) is 9.29. The van der Waals surface area contributed by atoms with Crippen LogP contribution in [0.5, 0.6) is 0 Å². The normalized spacial score (nSPS) is 18.1. The van der Waals surface area contributed by atoms with Crippen molar-refractivity contribution in [1.29, 1.82) is 0 Å². The van der Waals surface area contributed by atoms with Crippen molar-refractivity contribution in [1.82, 2.24) is 15.5 Å². The summed E-state index contributed by atoms with van der Waals surface area (Å²) in [5.41, 5.74) is 0.953. The second kappa shape index (κ2) is 9.90. The third-order valence-corrected chi connectivity index (χ3v) is 5.34. The average Bonchev–Trinajstić information content (AvgIpc) is 2.63. The van der Waals surface area contributed by atoms with Crippen LogP contribution in [0.2, 0.25) is 0 Å². The molecule has 1 aliphatic rings. The number of piperidine rings is 1. The lowest BCUT2D eigenvalue weighted by molar-refractivity contribution is -0.136. The largest absolute Gasteiger partial charge is 0.384 e. The Bertz CT molecular complexity index is 509. The summed E-state index contributed by atoms with van der Waals surface area (Å²) in [4.78, 5) is 15.1. The molecule has 25 heavy (non-hydrogen) atoms. The van der Waals surface area contributed by atoms with E-state index < -0.39 is 0 Å². The van der Waals surface area contributed by atoms with Crippen LogP contribution in [0, 0.1) is 5.41 Å². The van der Waals surface area contributed by atoms with E-state index in [0.29, 0.717) is 19.2 Å². The number of carbonyl (C=O) groups is 1. The summed E-state index contributed by atoms with van der Waals surface area (Å²) in [5, 5.41) is 6.48. The van der Waals surface area contributed by atoms with E-state index >= 15 is 0 Å². The summed E-state index contributed by atoms with van der Waals surface area (Å²) < 4.78 is 5.34. The Labute approximate surface area is 152 Å². The van der Waals surface area contributed by atoms with Crippen molar-refractivity contribution in [3.8, 4) is 0 Å². The molecular formula is C20H33N3O2. The molecule has 1 unspecified atom stereocenters. The van der Waals surface area contributed by atoms with Crippen LogP contribution in [0.4, 0.5) is 0 Å². The second-order valence-electron chi connectivity index (χ2n) is 7.26. The number of ether oxygens (including phenoxy) is 1. The van der Waals surface area contributed by atoms with E-state index in [-0.39, 0.29) is 11.3 Å². The highest BCUT2D eigenvalue weighted by molar-refractivity contribution is 5.83. The van der Waals surface area contributed by atoms with Crippen LogP contribution in [0.25, 0.3) is 0 Å². The number of amides is 1. The Balaban J connectivity index is 1.77. The van der Waals surface area contributed by atoms with Crippen molar-refractivity contribution in [3.05, 3.63) is 35.9 Å². The van der Waals surface area contributed by atoms with Crippen molar-refractivity contribution in [2.75, 3.05) is 40.4 Å². The number of benzene rings is 1. The number of nitrogens with one attached hydrogen (secondary N) is 2. The van der Waals surface area contributed by atoms with E-state index in [1.54, 1.807) is 7.11 Å². The first kappa shape index (κ1) is 19.9. The molecule has 140 valence electrons. The molecule has 1 saturated heterocycles. The van der Waals surface area contributed by atoms with E-state index in [1.807, 2.05) is 6.07 Å². The van der Waals surface area contributed by atoms with Crippen LogP contribution in [-0.2, 0) is 16.1 Å². The van der Waals surface area contributed by atoms with E-state index in [2.05, 4.69) is 53.8 Å². The lowest BCUT2D eigenvalue weighted by Crippen LogP contribution is -2.50. The van der Waals surface area contributed by atoms with Gasteiger partial charge in [-0.15, -0.1) is 0 Å². The number of carbonyl (C=O) groups excluding carboxylic acids is 1. The zero-order valence-corrected chi connectivity index (χ0v) is 15.9. The van der Waals surface area contributed by atoms with Crippen molar-refractivity contribution >= 4 is 5.91 Å². The molecule has 5 nitrogen and oxygen atoms in total. The molecule has 1 aromatic carbocycles. The third kappa shape index (κ3) is 5.80. The van der Waals surface area contributed by atoms with Gasteiger partial charge in [0.1, 0.15) is 0 Å². The van der Waals surface area contributed by atoms with E-state index in [4.69, 9.17) is 4.74 Å². The smallest absolute Gasteiger partial charge is 0.228 e. The second-order valence-corrected chi connectivity index (χ2v) is 7.26. The minimum atomic E-state index is -0.362. The van der Waals surface area contributed by atoms with Gasteiger partial charge in [0.25, 0.3) is 0 Å². The van der Waals surface area contributed by atoms with Gasteiger partial charge in [0, 0.05) is 26.2 Å². The minimum Gasteiger partial charge on any atom is -0.384 e. The molecule has 0 saturated carbocycles. The van der Waals surface area contributed by atoms with E-state index in [9.17, 15) is 4.79 Å². The lowest BCUT2D eigenvalue weighted by atomic mass is 9.78. The molecule has 2 rings (SSSR count). The summed E-state index contributed by atoms with van der Waals surface area (Å²) in [6, 6.07) is 10.9. The topological polar surface area (TPSA) is 53.6 Å². The lowest BCUT2D eigenvalue weighted by Gasteiger charge is -2.35. The molecule has 0 aromatic heterocycles. The summed E-state index contributed by atoms with van der Waals surface area (Å²) in [6.07, 6.45) is 2.63. The highest BCUT2D eigenvalue weighted by Crippen LogP contribution is 2.29. The van der Waals surface area contributed by atoms with Crippen molar-refractivity contribution < 1.29 is 9.53 Å². The molecular weight excluding hydrogens is 314 g/mol. The fraction of sp³-hybridized carbons (Fsp3) is 0.650. The maximum Gasteiger partial charge on any atom is 0.228 e. The number of hydrogen-bond donors (Lipinski definition) is 2. The minimum absolute atomic E-state index is 0.147. The number of rotatable bonds is 9. The van der Waals surface area contributed by atoms with Crippen LogP contribution < -0.4 is 10.6 Å². The standard InChI is InChI=1S/C20H33N3O2/c1-17(23(2)15-18-7-5-4-6-8-18)9-12-22-19(24)20(16-25-3)10-13-21-14-11-20/h4-8,17,21H,9-16H2,1-3H3,(H,22,24). The van der Waals surface area contributed by atoms with Gasteiger partial charge >= 0.3 is 0 Å². The van der Waals surface area contributed by atoms with Gasteiger partial charge in [-0.2, -0.15) is 0 Å². The maximum atomic E-state index is 12.7. The molecule has 1 fully saturated rings. The SMILES string of the molecule is COCC1(C(=O)NCCC(C)N(C)Cc2ccccc2)CCNCC1. The molecule has 1 amide bonds. The number of methoxy groups -OCH3 is 1. The zero-order chi connectivity index (χ0) is 18.1. The Kier molecular flexibility index (Phi) is 7.88. The Morgan fingerprint density at radius 2 is 2.00 bits per heavy atom. The van der Waals surface area contributed by atoms with Gasteiger partial charge in [0.05, 0.1) is 12.0 Å². The average molecular weight is 348 g/mol. The first-order chi connectivity index (χ1) is 12.1. The van der Waals surface area contributed by atoms with Crippen LogP contribution in [0.3, 0.4) is 0 Å². The predicted octanol–water partition coefficient (Wildman–Crippen LogP) is 2.03. The van der Waals surface area contributed by atoms with Gasteiger partial charge < -0.3 is 15.4 Å². The van der Waals surface area contributed by atoms with Gasteiger partial charge in [0.2, 0.25) is 5.91 Å². The predicted molar refractivity (Wildman–Crippen MR) is 101 cm³/mol. The Morgan fingerprint density at radius 1 is 1.32 bits per heavy atom. The van der Waals surface area contributed by atoms with E-state index in [0.717, 1.165) is 38.9 Å². The zero-order valence-electron chi connectivity index (χ0n) is 15.9. The monoisotopic (exact) mass is 347 g/mol. The molecule has 0 aliphatic carbocycles. The molecule has 1 aromatic rings. The van der Waals surface area contributed by atoms with Crippen molar-refractivity contribution in [3.63, 3.8) is 0 Å². The number of hydrogen-bond acceptors (Lipinski definition) is 4. The molecule has 5 heteroatoms. The van der Waals surface area contributed by atoms with Crippen molar-refractivity contribution in [2.45, 2.75) is 38.8 Å². The summed E-state index contributed by atoms with van der Waals surface area (Å²) in [6.45, 7) is 6.11. The first-order valence-electron chi connectivity index (χ1n) is 9.29. The highest BCUT2D eigenvalue weighted by atomic mass is 16.5. The maximum absolute atomic E-state index is 12.7. The van der Waals surface area contributed by atoms with Crippen LogP contribution in [0.1, 0.15) is 31.7 Å². The molecule has 0 bridgehead atoms. The van der Waals surface area contributed by atoms with Crippen LogP contribution in [-0.4, -0.2) is 57.2 Å². The highest BCUT2D eigenvalue weighted by Gasteiger charge is 2.39. The fourth-order valence-corrected chi connectivity index (χ4v) is 3.45. The summed E-state index contributed by atoms with van der Waals surface area (Å²) in [7, 11) is 3.82. The van der Waals surface area contributed by atoms with Gasteiger partial charge in [0.15, 0.2) is 0 Å². The Morgan fingerprint density at radius 3 is 2.64 bits per heavy atom. The van der Waals surface area contributed by atoms with Gasteiger partial charge in [-0.05, 0) is 51.9 Å². The van der Waals surface area contributed by atoms with Gasteiger partial charge in [-0.3, -0.25) is 9.69 Å². The quantitative estimate of drug-likeness (QED) is 0.718. The fourth-order valence-electron chi connectivity index (χ4n) is 3.45. The van der Waals surface area contributed by atoms with Gasteiger partial charge in [-0.1, -0.05) is 30.3 Å². The van der Waals surface area contributed by atoms with Gasteiger partial charge in [-0.25, -0.2) is 0 Å². The molecule has 0 spiro atoms. The summed E-state index contributed by atoms with van der Waals surface area (Å²) >= 11 is 0. The molecule has 1 heterocycles. The summed E-state index contributed by atoms with van der Waals surface area (Å²) in [5.74, 6) is 0.147. The number of nitrogens with zero attached hydrogens (tertiary/aromatic N) is 1. The Hall–Kier alpha value is -1.43. The molecule has 1 aliphatic heterocycles.